The van der Waals surface area contributed by atoms with Gasteiger partial charge in [0, 0.05) is 11.6 Å². The Morgan fingerprint density at radius 2 is 2.07 bits per heavy atom. The van der Waals surface area contributed by atoms with Crippen molar-refractivity contribution in [1.29, 1.82) is 0 Å². The number of para-hydroxylation sites is 2. The molecule has 3 heterocycles. The molecular weight excluding hydrogens is 470 g/mol. The van der Waals surface area contributed by atoms with E-state index in [1.165, 1.54) is 17.6 Å². The number of carbonyl (C=O) groups is 2. The van der Waals surface area contributed by atoms with Gasteiger partial charge in [-0.3, -0.25) is 14.9 Å². The number of halogens is 1. The maximum Gasteiger partial charge on any atom is 0.260 e. The van der Waals surface area contributed by atoms with Crippen LogP contribution in [0.15, 0.2) is 63.3 Å². The molecule has 2 amide bonds. The lowest BCUT2D eigenvalue weighted by atomic mass is 10.2. The van der Waals surface area contributed by atoms with E-state index < -0.39 is 0 Å². The smallest absolute Gasteiger partial charge is 0.260 e. The lowest BCUT2D eigenvalue weighted by molar-refractivity contribution is -0.115. The minimum Gasteiger partial charge on any atom is -0.469 e. The summed E-state index contributed by atoms with van der Waals surface area (Å²) >= 11 is 4.63. The van der Waals surface area contributed by atoms with Gasteiger partial charge in [-0.25, -0.2) is 9.67 Å². The second kappa shape index (κ2) is 8.64. The molecule has 0 bridgehead atoms. The van der Waals surface area contributed by atoms with Crippen LogP contribution in [-0.2, 0) is 11.2 Å². The molecule has 0 atom stereocenters. The number of amides is 2. The minimum atomic E-state index is -0.300. The normalized spacial score (nSPS) is 10.7. The van der Waals surface area contributed by atoms with Crippen LogP contribution >= 0.6 is 27.3 Å². The maximum absolute atomic E-state index is 12.5. The van der Waals surface area contributed by atoms with Crippen molar-refractivity contribution in [2.24, 2.45) is 0 Å². The lowest BCUT2D eigenvalue weighted by Crippen LogP contribution is -2.16. The van der Waals surface area contributed by atoms with Crippen molar-refractivity contribution in [2.45, 2.75) is 13.3 Å². The fourth-order valence-corrected chi connectivity index (χ4v) is 3.79. The number of hydrogen-bond donors (Lipinski definition) is 2. The zero-order valence-corrected chi connectivity index (χ0v) is 18.2. The van der Waals surface area contributed by atoms with Crippen molar-refractivity contribution >= 4 is 49.9 Å². The molecular formula is C20H16BrN5O3S. The predicted octanol–water partition coefficient (Wildman–Crippen LogP) is 4.43. The number of furan rings is 1. The summed E-state index contributed by atoms with van der Waals surface area (Å²) in [6.07, 6.45) is 5.02. The highest BCUT2D eigenvalue weighted by atomic mass is 79.9. The molecule has 0 aliphatic heterocycles. The molecule has 10 heteroatoms. The number of thiazole rings is 1. The van der Waals surface area contributed by atoms with Crippen LogP contribution in [0, 0.1) is 6.92 Å². The van der Waals surface area contributed by atoms with Gasteiger partial charge in [-0.15, -0.1) is 11.3 Å². The molecule has 0 aliphatic carbocycles. The number of carbonyl (C=O) groups excluding carboxylic acids is 2. The Morgan fingerprint density at radius 3 is 2.80 bits per heavy atom. The van der Waals surface area contributed by atoms with E-state index in [0.717, 1.165) is 10.2 Å². The predicted molar refractivity (Wildman–Crippen MR) is 117 cm³/mol. The Balaban J connectivity index is 1.41. The van der Waals surface area contributed by atoms with Crippen molar-refractivity contribution in [3.8, 4) is 5.69 Å². The molecule has 3 aromatic heterocycles. The average molecular weight is 486 g/mol. The van der Waals surface area contributed by atoms with Crippen molar-refractivity contribution in [3.05, 3.63) is 75.9 Å². The summed E-state index contributed by atoms with van der Waals surface area (Å²) in [5.74, 6) is 0.0139. The maximum atomic E-state index is 12.5. The largest absolute Gasteiger partial charge is 0.469 e. The van der Waals surface area contributed by atoms with Crippen molar-refractivity contribution in [1.82, 2.24) is 14.8 Å². The second-order valence-electron chi connectivity index (χ2n) is 6.33. The summed E-state index contributed by atoms with van der Waals surface area (Å²) in [7, 11) is 0. The number of benzene rings is 1. The molecule has 0 radical (unpaired) electrons. The molecule has 0 unspecified atom stereocenters. The molecule has 4 aromatic rings. The number of aryl methyl sites for hydroxylation is 1. The number of nitrogens with one attached hydrogen (secondary N) is 2. The summed E-state index contributed by atoms with van der Waals surface area (Å²) in [4.78, 5) is 29.1. The summed E-state index contributed by atoms with van der Waals surface area (Å²) in [6.45, 7) is 1.71. The highest BCUT2D eigenvalue weighted by Crippen LogP contribution is 2.22. The zero-order chi connectivity index (χ0) is 21.1. The lowest BCUT2D eigenvalue weighted by Gasteiger charge is -2.10. The van der Waals surface area contributed by atoms with E-state index in [4.69, 9.17) is 4.42 Å². The summed E-state index contributed by atoms with van der Waals surface area (Å²) in [6, 6.07) is 8.98. The molecule has 8 nitrogen and oxygen atoms in total. The van der Waals surface area contributed by atoms with Gasteiger partial charge in [0.1, 0.15) is 5.76 Å². The van der Waals surface area contributed by atoms with E-state index >= 15 is 0 Å². The summed E-state index contributed by atoms with van der Waals surface area (Å²) in [5.41, 5.74) is 2.40. The van der Waals surface area contributed by atoms with E-state index in [0.29, 0.717) is 27.8 Å². The standard InChI is InChI=1S/C20H16BrN5O3S/c1-12-15(6-7-29-12)19(28)25-20-23-14(11-30-20)8-18(27)24-16-4-2-3-5-17(16)26-10-13(21)9-22-26/h2-7,9-11H,8H2,1H3,(H,24,27)(H,23,25,28). The number of hydrogen-bond acceptors (Lipinski definition) is 6. The SMILES string of the molecule is Cc1occc1C(=O)Nc1nc(CC(=O)Nc2ccccc2-n2cc(Br)cn2)cs1. The van der Waals surface area contributed by atoms with Crippen LogP contribution in [0.2, 0.25) is 0 Å². The zero-order valence-electron chi connectivity index (χ0n) is 15.8. The monoisotopic (exact) mass is 485 g/mol. The average Bonchev–Trinajstić information content (AvgIpc) is 3.44. The van der Waals surface area contributed by atoms with Gasteiger partial charge < -0.3 is 9.73 Å². The van der Waals surface area contributed by atoms with E-state index in [1.807, 2.05) is 30.5 Å². The number of nitrogens with zero attached hydrogens (tertiary/aromatic N) is 3. The number of rotatable bonds is 6. The third-order valence-electron chi connectivity index (χ3n) is 4.19. The number of anilines is 2. The fraction of sp³-hybridized carbons (Fsp3) is 0.100. The minimum absolute atomic E-state index is 0.0776. The van der Waals surface area contributed by atoms with Crippen molar-refractivity contribution in [2.75, 3.05) is 10.6 Å². The summed E-state index contributed by atoms with van der Waals surface area (Å²) in [5, 5.41) is 12.0. The first-order valence-corrected chi connectivity index (χ1v) is 10.6. The Bertz CT molecular complexity index is 1210. The first-order chi connectivity index (χ1) is 14.5. The molecule has 0 saturated carbocycles. The molecule has 0 aliphatic rings. The van der Waals surface area contributed by atoms with Gasteiger partial charge in [0.15, 0.2) is 5.13 Å². The van der Waals surface area contributed by atoms with Gasteiger partial charge in [-0.05, 0) is 41.1 Å². The van der Waals surface area contributed by atoms with E-state index in [1.54, 1.807) is 29.2 Å². The van der Waals surface area contributed by atoms with E-state index in [-0.39, 0.29) is 18.2 Å². The molecule has 0 saturated heterocycles. The molecule has 30 heavy (non-hydrogen) atoms. The van der Waals surface area contributed by atoms with Crippen LogP contribution in [0.1, 0.15) is 21.8 Å². The van der Waals surface area contributed by atoms with Crippen LogP contribution in [0.3, 0.4) is 0 Å². The molecule has 2 N–H and O–H groups in total. The van der Waals surface area contributed by atoms with Gasteiger partial charge in [0.25, 0.3) is 5.91 Å². The topological polar surface area (TPSA) is 102 Å². The van der Waals surface area contributed by atoms with Crippen LogP contribution in [0.25, 0.3) is 5.69 Å². The van der Waals surface area contributed by atoms with Gasteiger partial charge >= 0.3 is 0 Å². The van der Waals surface area contributed by atoms with Crippen LogP contribution in [0.5, 0.6) is 0 Å². The van der Waals surface area contributed by atoms with E-state index in [2.05, 4.69) is 36.6 Å². The van der Waals surface area contributed by atoms with Crippen molar-refractivity contribution < 1.29 is 14.0 Å². The van der Waals surface area contributed by atoms with Gasteiger partial charge in [-0.1, -0.05) is 12.1 Å². The van der Waals surface area contributed by atoms with Gasteiger partial charge in [0.05, 0.1) is 46.0 Å². The number of aromatic nitrogens is 3. The van der Waals surface area contributed by atoms with Crippen molar-refractivity contribution in [3.63, 3.8) is 0 Å². The first kappa shape index (κ1) is 20.0. The third kappa shape index (κ3) is 4.50. The first-order valence-electron chi connectivity index (χ1n) is 8.89. The second-order valence-corrected chi connectivity index (χ2v) is 8.11. The Kier molecular flexibility index (Phi) is 5.77. The summed E-state index contributed by atoms with van der Waals surface area (Å²) < 4.78 is 7.65. The Morgan fingerprint density at radius 1 is 1.23 bits per heavy atom. The highest BCUT2D eigenvalue weighted by Gasteiger charge is 2.15. The van der Waals surface area contributed by atoms with E-state index in [9.17, 15) is 9.59 Å². The van der Waals surface area contributed by atoms with Gasteiger partial charge in [-0.2, -0.15) is 5.10 Å². The highest BCUT2D eigenvalue weighted by molar-refractivity contribution is 9.10. The Hall–Kier alpha value is -3.24. The van der Waals surface area contributed by atoms with Crippen LogP contribution in [-0.4, -0.2) is 26.6 Å². The van der Waals surface area contributed by atoms with Gasteiger partial charge in [0.2, 0.25) is 5.91 Å². The molecule has 0 fully saturated rings. The van der Waals surface area contributed by atoms with Crippen LogP contribution < -0.4 is 10.6 Å². The molecule has 4 rings (SSSR count). The Labute approximate surface area is 184 Å². The van der Waals surface area contributed by atoms with Crippen LogP contribution in [0.4, 0.5) is 10.8 Å². The molecule has 0 spiro atoms. The fourth-order valence-electron chi connectivity index (χ4n) is 2.80. The molecule has 1 aromatic carbocycles. The quantitative estimate of drug-likeness (QED) is 0.420. The molecule has 152 valence electrons. The third-order valence-corrected chi connectivity index (χ3v) is 5.41.